The zero-order valence-electron chi connectivity index (χ0n) is 20.1. The molecule has 0 amide bonds. The molecule has 1 aliphatic carbocycles. The van der Waals surface area contributed by atoms with Crippen molar-refractivity contribution in [1.29, 1.82) is 0 Å². The highest BCUT2D eigenvalue weighted by Crippen LogP contribution is 2.39. The van der Waals surface area contributed by atoms with E-state index in [1.165, 1.54) is 12.3 Å². The van der Waals surface area contributed by atoms with E-state index in [2.05, 4.69) is 30.5 Å². The van der Waals surface area contributed by atoms with E-state index in [0.717, 1.165) is 30.3 Å². The predicted octanol–water partition coefficient (Wildman–Crippen LogP) is 5.24. The molecule has 2 heterocycles. The molecule has 1 saturated carbocycles. The molecule has 0 bridgehead atoms. The highest BCUT2D eigenvalue weighted by molar-refractivity contribution is 5.83. The average molecular weight is 493 g/mol. The second-order valence-electron chi connectivity index (χ2n) is 8.92. The molecular formula is C26H26F2N6O2. The van der Waals surface area contributed by atoms with E-state index in [1.807, 2.05) is 38.4 Å². The molecule has 1 aliphatic rings. The van der Waals surface area contributed by atoms with Crippen molar-refractivity contribution in [1.82, 2.24) is 19.9 Å². The van der Waals surface area contributed by atoms with E-state index in [9.17, 15) is 8.78 Å². The standard InChI is InChI=1S/C26H26F2N6O2/c1-34(2)26(35-3)13-21(14-26)36-20-6-4-18(5-7-20)32-25-29-9-8-23(33-25)31-19-11-16-10-17(27)12-22(28)24(16)30-15-19/h4-12,15,21H,13-14H2,1-3H3,(H2,29,31,32,33). The van der Waals surface area contributed by atoms with E-state index >= 15 is 0 Å². The summed E-state index contributed by atoms with van der Waals surface area (Å²) in [6.45, 7) is 0. The normalized spacial score (nSPS) is 19.2. The number of benzene rings is 2. The summed E-state index contributed by atoms with van der Waals surface area (Å²) in [5.74, 6) is 0.299. The molecule has 0 spiro atoms. The molecule has 0 unspecified atom stereocenters. The molecule has 2 N–H and O–H groups in total. The third-order valence-corrected chi connectivity index (χ3v) is 6.33. The summed E-state index contributed by atoms with van der Waals surface area (Å²) < 4.78 is 39.2. The smallest absolute Gasteiger partial charge is 0.229 e. The fourth-order valence-electron chi connectivity index (χ4n) is 4.26. The summed E-state index contributed by atoms with van der Waals surface area (Å²) in [7, 11) is 5.74. The van der Waals surface area contributed by atoms with Gasteiger partial charge in [-0.05, 0) is 56.6 Å². The summed E-state index contributed by atoms with van der Waals surface area (Å²) in [5.41, 5.74) is 1.19. The number of nitrogens with one attached hydrogen (secondary N) is 2. The number of rotatable bonds is 8. The van der Waals surface area contributed by atoms with E-state index < -0.39 is 11.6 Å². The lowest BCUT2D eigenvalue weighted by molar-refractivity contribution is -0.204. The molecule has 1 fully saturated rings. The SMILES string of the molecule is COC1(N(C)C)CC(Oc2ccc(Nc3nccc(Nc4cnc5c(F)cc(F)cc5c4)n3)cc2)C1. The van der Waals surface area contributed by atoms with Gasteiger partial charge < -0.3 is 20.1 Å². The Balaban J connectivity index is 1.21. The third-order valence-electron chi connectivity index (χ3n) is 6.33. The van der Waals surface area contributed by atoms with E-state index in [1.54, 1.807) is 25.4 Å². The van der Waals surface area contributed by atoms with Crippen LogP contribution < -0.4 is 15.4 Å². The zero-order chi connectivity index (χ0) is 25.3. The number of pyridine rings is 1. The van der Waals surface area contributed by atoms with E-state index in [4.69, 9.17) is 9.47 Å². The van der Waals surface area contributed by atoms with E-state index in [0.29, 0.717) is 22.8 Å². The minimum absolute atomic E-state index is 0.104. The maximum absolute atomic E-state index is 13.9. The van der Waals surface area contributed by atoms with Crippen LogP contribution in [0.1, 0.15) is 12.8 Å². The van der Waals surface area contributed by atoms with Crippen molar-refractivity contribution >= 4 is 34.0 Å². The maximum Gasteiger partial charge on any atom is 0.229 e. The van der Waals surface area contributed by atoms with Crippen molar-refractivity contribution in [2.75, 3.05) is 31.8 Å². The van der Waals surface area contributed by atoms with Crippen molar-refractivity contribution < 1.29 is 18.3 Å². The van der Waals surface area contributed by atoms with Crippen LogP contribution in [0.4, 0.5) is 31.9 Å². The quantitative estimate of drug-likeness (QED) is 0.323. The molecule has 0 radical (unpaired) electrons. The number of hydrogen-bond acceptors (Lipinski definition) is 8. The lowest BCUT2D eigenvalue weighted by Crippen LogP contribution is -2.59. The van der Waals surface area contributed by atoms with Crippen LogP contribution in [0.5, 0.6) is 5.75 Å². The van der Waals surface area contributed by atoms with Crippen LogP contribution in [0.25, 0.3) is 10.9 Å². The molecule has 186 valence electrons. The lowest BCUT2D eigenvalue weighted by Gasteiger charge is -2.50. The number of nitrogens with zero attached hydrogens (tertiary/aromatic N) is 4. The van der Waals surface area contributed by atoms with Crippen LogP contribution in [0.15, 0.2) is 60.9 Å². The van der Waals surface area contributed by atoms with Crippen molar-refractivity contribution in [3.05, 3.63) is 72.6 Å². The summed E-state index contributed by atoms with van der Waals surface area (Å²) in [6, 6.07) is 12.9. The first-order valence-electron chi connectivity index (χ1n) is 11.4. The Bertz CT molecular complexity index is 1380. The molecule has 0 atom stereocenters. The van der Waals surface area contributed by atoms with Gasteiger partial charge in [-0.3, -0.25) is 9.88 Å². The molecule has 2 aromatic heterocycles. The molecule has 0 saturated heterocycles. The van der Waals surface area contributed by atoms with Crippen molar-refractivity contribution in [3.63, 3.8) is 0 Å². The fraction of sp³-hybridized carbons (Fsp3) is 0.269. The molecule has 5 rings (SSSR count). The van der Waals surface area contributed by atoms with Crippen LogP contribution in [-0.2, 0) is 4.74 Å². The Morgan fingerprint density at radius 2 is 1.75 bits per heavy atom. The Morgan fingerprint density at radius 1 is 0.972 bits per heavy atom. The number of methoxy groups -OCH3 is 1. The van der Waals surface area contributed by atoms with Crippen LogP contribution in [0.3, 0.4) is 0 Å². The topological polar surface area (TPSA) is 84.4 Å². The first-order chi connectivity index (χ1) is 17.3. The van der Waals surface area contributed by atoms with Gasteiger partial charge in [0.25, 0.3) is 0 Å². The number of ether oxygens (including phenoxy) is 2. The predicted molar refractivity (Wildman–Crippen MR) is 134 cm³/mol. The van der Waals surface area contributed by atoms with Gasteiger partial charge in [0.15, 0.2) is 5.82 Å². The van der Waals surface area contributed by atoms with Crippen molar-refractivity contribution in [2.24, 2.45) is 0 Å². The average Bonchev–Trinajstić information content (AvgIpc) is 2.82. The molecule has 4 aromatic rings. The third kappa shape index (κ3) is 4.91. The van der Waals surface area contributed by atoms with Gasteiger partial charge in [-0.1, -0.05) is 0 Å². The molecular weight excluding hydrogens is 466 g/mol. The minimum atomic E-state index is -0.703. The minimum Gasteiger partial charge on any atom is -0.490 e. The number of fused-ring (bicyclic) bond motifs is 1. The largest absolute Gasteiger partial charge is 0.490 e. The summed E-state index contributed by atoms with van der Waals surface area (Å²) in [6.07, 6.45) is 4.79. The second-order valence-corrected chi connectivity index (χ2v) is 8.92. The first kappa shape index (κ1) is 23.8. The highest BCUT2D eigenvalue weighted by Gasteiger charge is 2.48. The van der Waals surface area contributed by atoms with Crippen LogP contribution in [0.2, 0.25) is 0 Å². The van der Waals surface area contributed by atoms with Crippen LogP contribution in [0, 0.1) is 11.6 Å². The number of anilines is 4. The lowest BCUT2D eigenvalue weighted by atomic mass is 9.83. The Labute approximate surface area is 207 Å². The maximum atomic E-state index is 13.9. The van der Waals surface area contributed by atoms with Crippen molar-refractivity contribution in [2.45, 2.75) is 24.7 Å². The molecule has 2 aromatic carbocycles. The first-order valence-corrected chi connectivity index (χ1v) is 11.4. The van der Waals surface area contributed by atoms with Gasteiger partial charge in [0.2, 0.25) is 5.95 Å². The van der Waals surface area contributed by atoms with Gasteiger partial charge in [0.05, 0.1) is 11.9 Å². The Hall–Kier alpha value is -3.89. The van der Waals surface area contributed by atoms with Gasteiger partial charge in [-0.15, -0.1) is 0 Å². The summed E-state index contributed by atoms with van der Waals surface area (Å²) in [4.78, 5) is 14.9. The molecule has 36 heavy (non-hydrogen) atoms. The van der Waals surface area contributed by atoms with Gasteiger partial charge in [-0.2, -0.15) is 4.98 Å². The summed E-state index contributed by atoms with van der Waals surface area (Å²) in [5, 5.41) is 6.60. The number of hydrogen-bond donors (Lipinski definition) is 2. The summed E-state index contributed by atoms with van der Waals surface area (Å²) >= 11 is 0. The number of aromatic nitrogens is 3. The van der Waals surface area contributed by atoms with Crippen LogP contribution in [-0.4, -0.2) is 52.9 Å². The zero-order valence-corrected chi connectivity index (χ0v) is 20.1. The van der Waals surface area contributed by atoms with Gasteiger partial charge in [0, 0.05) is 43.3 Å². The van der Waals surface area contributed by atoms with Crippen LogP contribution >= 0.6 is 0 Å². The van der Waals surface area contributed by atoms with Gasteiger partial charge in [-0.25, -0.2) is 13.8 Å². The molecule has 0 aliphatic heterocycles. The molecule has 10 heteroatoms. The molecule has 8 nitrogen and oxygen atoms in total. The highest BCUT2D eigenvalue weighted by atomic mass is 19.1. The van der Waals surface area contributed by atoms with E-state index in [-0.39, 0.29) is 17.3 Å². The Kier molecular flexibility index (Phi) is 6.38. The Morgan fingerprint density at radius 3 is 2.47 bits per heavy atom. The van der Waals surface area contributed by atoms with Gasteiger partial charge in [0.1, 0.15) is 34.7 Å². The fourth-order valence-corrected chi connectivity index (χ4v) is 4.26. The van der Waals surface area contributed by atoms with Gasteiger partial charge >= 0.3 is 0 Å². The number of halogens is 2. The monoisotopic (exact) mass is 492 g/mol. The second kappa shape index (κ2) is 9.63. The van der Waals surface area contributed by atoms with Crippen molar-refractivity contribution in [3.8, 4) is 5.75 Å².